The van der Waals surface area contributed by atoms with Gasteiger partial charge in [0.15, 0.2) is 0 Å². The normalized spacial score (nSPS) is 25.0. The van der Waals surface area contributed by atoms with Gasteiger partial charge >= 0.3 is 0 Å². The summed E-state index contributed by atoms with van der Waals surface area (Å²) in [5.74, 6) is 0.466. The molecule has 1 aromatic carbocycles. The zero-order chi connectivity index (χ0) is 15.4. The molecule has 3 rings (SSSR count). The van der Waals surface area contributed by atoms with Gasteiger partial charge in [0, 0.05) is 29.0 Å². The van der Waals surface area contributed by atoms with Gasteiger partial charge < -0.3 is 10.1 Å². The van der Waals surface area contributed by atoms with E-state index >= 15 is 0 Å². The van der Waals surface area contributed by atoms with Crippen LogP contribution < -0.4 is 5.32 Å². The maximum atomic E-state index is 11.9. The number of morpholine rings is 1. The molecule has 2 atom stereocenters. The number of hydrogen-bond acceptors (Lipinski definition) is 4. The monoisotopic (exact) mass is 340 g/mol. The summed E-state index contributed by atoms with van der Waals surface area (Å²) >= 11 is 7.36. The molecule has 0 aliphatic carbocycles. The molecular weight excluding hydrogens is 320 g/mol. The Morgan fingerprint density at radius 3 is 3.05 bits per heavy atom. The van der Waals surface area contributed by atoms with Crippen molar-refractivity contribution < 1.29 is 9.53 Å². The summed E-state index contributed by atoms with van der Waals surface area (Å²) in [4.78, 5) is 15.5. The van der Waals surface area contributed by atoms with Crippen molar-refractivity contribution in [2.75, 3.05) is 32.0 Å². The van der Waals surface area contributed by atoms with Gasteiger partial charge in [0.2, 0.25) is 5.91 Å². The number of carbonyl (C=O) groups excluding carboxylic acids is 1. The molecule has 2 saturated heterocycles. The Morgan fingerprint density at radius 2 is 2.23 bits per heavy atom. The standard InChI is InChI=1S/C16H21ClN2O2S/c17-12-3-5-15(6-4-12)22-11-16(20)18-8-14-9-19-7-1-2-13(19)10-21-14/h3-6,13-14H,1-2,7-11H2,(H,18,20)/t13-,14+/m1/s1. The van der Waals surface area contributed by atoms with Crippen molar-refractivity contribution in [2.45, 2.75) is 29.9 Å². The molecule has 2 fully saturated rings. The summed E-state index contributed by atoms with van der Waals surface area (Å²) < 4.78 is 5.84. The third-order valence-electron chi connectivity index (χ3n) is 4.17. The van der Waals surface area contributed by atoms with Crippen LogP contribution in [0.4, 0.5) is 0 Å². The fraction of sp³-hybridized carbons (Fsp3) is 0.562. The van der Waals surface area contributed by atoms with Crippen LogP contribution in [0.15, 0.2) is 29.2 Å². The predicted octanol–water partition coefficient (Wildman–Crippen LogP) is 2.41. The number of benzene rings is 1. The molecule has 4 nitrogen and oxygen atoms in total. The first-order chi connectivity index (χ1) is 10.7. The summed E-state index contributed by atoms with van der Waals surface area (Å²) in [5, 5.41) is 3.69. The number of fused-ring (bicyclic) bond motifs is 1. The topological polar surface area (TPSA) is 41.6 Å². The van der Waals surface area contributed by atoms with Gasteiger partial charge in [-0.3, -0.25) is 9.69 Å². The summed E-state index contributed by atoms with van der Waals surface area (Å²) in [7, 11) is 0. The van der Waals surface area contributed by atoms with Crippen LogP contribution >= 0.6 is 23.4 Å². The fourth-order valence-corrected chi connectivity index (χ4v) is 3.82. The Morgan fingerprint density at radius 1 is 1.41 bits per heavy atom. The molecule has 1 N–H and O–H groups in total. The zero-order valence-corrected chi connectivity index (χ0v) is 14.0. The molecule has 22 heavy (non-hydrogen) atoms. The number of amides is 1. The second-order valence-corrected chi connectivity index (χ2v) is 7.28. The van der Waals surface area contributed by atoms with E-state index in [2.05, 4.69) is 10.2 Å². The number of nitrogens with one attached hydrogen (secondary N) is 1. The first-order valence-electron chi connectivity index (χ1n) is 7.71. The Labute approximate surface area is 140 Å². The maximum Gasteiger partial charge on any atom is 0.230 e. The van der Waals surface area contributed by atoms with Gasteiger partial charge in [-0.1, -0.05) is 11.6 Å². The number of halogens is 1. The van der Waals surface area contributed by atoms with Gasteiger partial charge in [-0.25, -0.2) is 0 Å². The lowest BCUT2D eigenvalue weighted by Crippen LogP contribution is -2.50. The molecule has 1 amide bonds. The highest BCUT2D eigenvalue weighted by atomic mass is 35.5. The molecular formula is C16H21ClN2O2S. The van der Waals surface area contributed by atoms with Crippen molar-refractivity contribution in [3.05, 3.63) is 29.3 Å². The molecule has 2 heterocycles. The largest absolute Gasteiger partial charge is 0.373 e. The van der Waals surface area contributed by atoms with Gasteiger partial charge in [-0.15, -0.1) is 11.8 Å². The average molecular weight is 341 g/mol. The van der Waals surface area contributed by atoms with Crippen molar-refractivity contribution in [2.24, 2.45) is 0 Å². The Hall–Kier alpha value is -0.750. The van der Waals surface area contributed by atoms with E-state index in [1.807, 2.05) is 24.3 Å². The van der Waals surface area contributed by atoms with E-state index < -0.39 is 0 Å². The third-order valence-corrected chi connectivity index (χ3v) is 5.44. The summed E-state index contributed by atoms with van der Waals surface area (Å²) in [6.07, 6.45) is 2.64. The number of ether oxygens (including phenoxy) is 1. The second kappa shape index (κ2) is 7.68. The number of carbonyl (C=O) groups is 1. The molecule has 1 aromatic rings. The van der Waals surface area contributed by atoms with E-state index in [1.54, 1.807) is 0 Å². The van der Waals surface area contributed by atoms with Gasteiger partial charge in [0.05, 0.1) is 18.5 Å². The molecule has 0 radical (unpaired) electrons. The molecule has 6 heteroatoms. The summed E-state index contributed by atoms with van der Waals surface area (Å²) in [6.45, 7) is 3.52. The van der Waals surface area contributed by atoms with Gasteiger partial charge in [-0.05, 0) is 43.7 Å². The van der Waals surface area contributed by atoms with E-state index in [-0.39, 0.29) is 12.0 Å². The molecule has 0 bridgehead atoms. The molecule has 2 aliphatic rings. The van der Waals surface area contributed by atoms with Crippen LogP contribution in [0, 0.1) is 0 Å². The second-order valence-electron chi connectivity index (χ2n) is 5.79. The fourth-order valence-electron chi connectivity index (χ4n) is 2.97. The third kappa shape index (κ3) is 4.38. The molecule has 2 aliphatic heterocycles. The lowest BCUT2D eigenvalue weighted by atomic mass is 10.2. The predicted molar refractivity (Wildman–Crippen MR) is 89.5 cm³/mol. The Kier molecular flexibility index (Phi) is 5.63. The van der Waals surface area contributed by atoms with Crippen LogP contribution in [0.25, 0.3) is 0 Å². The van der Waals surface area contributed by atoms with Crippen LogP contribution in [0.2, 0.25) is 5.02 Å². The average Bonchev–Trinajstić information content (AvgIpc) is 3.00. The smallest absolute Gasteiger partial charge is 0.230 e. The first kappa shape index (κ1) is 16.1. The Bertz CT molecular complexity index is 511. The van der Waals surface area contributed by atoms with E-state index in [0.717, 1.165) is 18.0 Å². The first-order valence-corrected chi connectivity index (χ1v) is 9.08. The maximum absolute atomic E-state index is 11.9. The van der Waals surface area contributed by atoms with E-state index in [0.29, 0.717) is 23.4 Å². The molecule has 0 unspecified atom stereocenters. The van der Waals surface area contributed by atoms with E-state index in [1.165, 1.54) is 31.1 Å². The Balaban J connectivity index is 1.36. The zero-order valence-electron chi connectivity index (χ0n) is 12.5. The van der Waals surface area contributed by atoms with Crippen LogP contribution in [0.5, 0.6) is 0 Å². The van der Waals surface area contributed by atoms with E-state index in [4.69, 9.17) is 16.3 Å². The minimum atomic E-state index is 0.0482. The highest BCUT2D eigenvalue weighted by Gasteiger charge is 2.32. The number of thioether (sulfide) groups is 1. The van der Waals surface area contributed by atoms with Crippen molar-refractivity contribution >= 4 is 29.3 Å². The summed E-state index contributed by atoms with van der Waals surface area (Å²) in [5.41, 5.74) is 0. The van der Waals surface area contributed by atoms with Gasteiger partial charge in [-0.2, -0.15) is 0 Å². The van der Waals surface area contributed by atoms with Crippen LogP contribution in [-0.4, -0.2) is 54.9 Å². The number of rotatable bonds is 5. The van der Waals surface area contributed by atoms with E-state index in [9.17, 15) is 4.79 Å². The lowest BCUT2D eigenvalue weighted by Gasteiger charge is -2.35. The minimum absolute atomic E-state index is 0.0482. The van der Waals surface area contributed by atoms with Crippen LogP contribution in [0.1, 0.15) is 12.8 Å². The number of nitrogens with zero attached hydrogens (tertiary/aromatic N) is 1. The number of hydrogen-bond donors (Lipinski definition) is 1. The van der Waals surface area contributed by atoms with Crippen molar-refractivity contribution in [3.8, 4) is 0 Å². The van der Waals surface area contributed by atoms with Gasteiger partial charge in [0.25, 0.3) is 0 Å². The molecule has 0 spiro atoms. The minimum Gasteiger partial charge on any atom is -0.373 e. The van der Waals surface area contributed by atoms with Gasteiger partial charge in [0.1, 0.15) is 0 Å². The molecule has 0 aromatic heterocycles. The lowest BCUT2D eigenvalue weighted by molar-refractivity contribution is -0.120. The highest BCUT2D eigenvalue weighted by Crippen LogP contribution is 2.22. The van der Waals surface area contributed by atoms with Crippen molar-refractivity contribution in [1.29, 1.82) is 0 Å². The SMILES string of the molecule is O=C(CSc1ccc(Cl)cc1)NC[C@H]1CN2CCC[C@@H]2CO1. The van der Waals surface area contributed by atoms with Crippen LogP contribution in [-0.2, 0) is 9.53 Å². The van der Waals surface area contributed by atoms with Crippen molar-refractivity contribution in [3.63, 3.8) is 0 Å². The van der Waals surface area contributed by atoms with Crippen LogP contribution in [0.3, 0.4) is 0 Å². The highest BCUT2D eigenvalue weighted by molar-refractivity contribution is 8.00. The molecule has 0 saturated carbocycles. The quantitative estimate of drug-likeness (QED) is 0.836. The molecule has 120 valence electrons. The summed E-state index contributed by atoms with van der Waals surface area (Å²) in [6, 6.07) is 8.14. The van der Waals surface area contributed by atoms with Crippen molar-refractivity contribution in [1.82, 2.24) is 10.2 Å².